The van der Waals surface area contributed by atoms with Crippen molar-refractivity contribution in [2.75, 3.05) is 14.1 Å². The van der Waals surface area contributed by atoms with Crippen molar-refractivity contribution in [3.8, 4) is 11.1 Å². The first-order valence-corrected chi connectivity index (χ1v) is 9.00. The minimum atomic E-state index is -0.602. The number of Topliss-reactive ketones (excluding diaryl/α,β-unsaturated/α-hetero) is 1. The first-order valence-electron chi connectivity index (χ1n) is 9.00. The standard InChI is InChI=1S/C14H12O.C6H12N2O2.C2H6/c1-11(15)12-7-9-14(10-8-12)13-5-3-2-4-6-13;1-4(5(9)7-2)6(10)8-3;1-2/h2-10H,1H3;4H,1-3H3,(H,7,9)(H,8,10);1-2H3. The zero-order valence-corrected chi connectivity index (χ0v) is 17.0. The van der Waals surface area contributed by atoms with E-state index in [0.717, 1.165) is 11.1 Å². The Morgan fingerprint density at radius 3 is 1.52 bits per heavy atom. The molecule has 2 amide bonds. The van der Waals surface area contributed by atoms with Gasteiger partial charge in [0.15, 0.2) is 5.78 Å². The molecular weight excluding hydrogens is 340 g/mol. The van der Waals surface area contributed by atoms with Crippen LogP contribution in [-0.2, 0) is 9.59 Å². The summed E-state index contributed by atoms with van der Waals surface area (Å²) in [5.41, 5.74) is 3.07. The van der Waals surface area contributed by atoms with Crippen LogP contribution >= 0.6 is 0 Å². The summed E-state index contributed by atoms with van der Waals surface area (Å²) in [5, 5.41) is 4.76. The van der Waals surface area contributed by atoms with Gasteiger partial charge in [0, 0.05) is 19.7 Å². The second kappa shape index (κ2) is 13.3. The van der Waals surface area contributed by atoms with Gasteiger partial charge in [-0.1, -0.05) is 68.4 Å². The summed E-state index contributed by atoms with van der Waals surface area (Å²) in [7, 11) is 3.00. The van der Waals surface area contributed by atoms with Crippen molar-refractivity contribution in [3.05, 3.63) is 60.2 Å². The molecule has 0 unspecified atom stereocenters. The highest BCUT2D eigenvalue weighted by molar-refractivity contribution is 5.99. The van der Waals surface area contributed by atoms with Gasteiger partial charge in [-0.25, -0.2) is 0 Å². The molecule has 0 heterocycles. The number of nitrogens with one attached hydrogen (secondary N) is 2. The van der Waals surface area contributed by atoms with Gasteiger partial charge in [0.1, 0.15) is 5.92 Å². The lowest BCUT2D eigenvalue weighted by Crippen LogP contribution is -2.36. The van der Waals surface area contributed by atoms with E-state index < -0.39 is 5.92 Å². The van der Waals surface area contributed by atoms with Crippen LogP contribution in [0.2, 0.25) is 0 Å². The Bertz CT molecular complexity index is 694. The monoisotopic (exact) mass is 370 g/mol. The number of hydrogen-bond donors (Lipinski definition) is 2. The molecule has 0 aliphatic rings. The minimum Gasteiger partial charge on any atom is -0.358 e. The molecular formula is C22H30N2O3. The maximum atomic E-state index is 11.1. The Morgan fingerprint density at radius 2 is 1.15 bits per heavy atom. The topological polar surface area (TPSA) is 75.3 Å². The molecule has 2 N–H and O–H groups in total. The van der Waals surface area contributed by atoms with Crippen molar-refractivity contribution in [2.45, 2.75) is 27.7 Å². The first-order chi connectivity index (χ1) is 12.9. The van der Waals surface area contributed by atoms with E-state index in [4.69, 9.17) is 0 Å². The molecule has 2 rings (SSSR count). The Labute approximate surface area is 162 Å². The van der Waals surface area contributed by atoms with E-state index in [9.17, 15) is 14.4 Å². The van der Waals surface area contributed by atoms with Gasteiger partial charge >= 0.3 is 0 Å². The average Bonchev–Trinajstić information content (AvgIpc) is 2.74. The first kappa shape index (κ1) is 24.1. The van der Waals surface area contributed by atoms with Gasteiger partial charge in [0.05, 0.1) is 0 Å². The molecule has 5 nitrogen and oxygen atoms in total. The van der Waals surface area contributed by atoms with Gasteiger partial charge in [-0.05, 0) is 25.0 Å². The molecule has 0 aliphatic heterocycles. The molecule has 0 atom stereocenters. The predicted molar refractivity (Wildman–Crippen MR) is 111 cm³/mol. The third-order valence-corrected chi connectivity index (χ3v) is 3.68. The van der Waals surface area contributed by atoms with E-state index in [-0.39, 0.29) is 17.6 Å². The highest BCUT2D eigenvalue weighted by Crippen LogP contribution is 2.19. The summed E-state index contributed by atoms with van der Waals surface area (Å²) in [6.07, 6.45) is 0. The quantitative estimate of drug-likeness (QED) is 0.636. The third-order valence-electron chi connectivity index (χ3n) is 3.68. The lowest BCUT2D eigenvalue weighted by molar-refractivity contribution is -0.133. The summed E-state index contributed by atoms with van der Waals surface area (Å²) in [5.74, 6) is -1.02. The second-order valence-electron chi connectivity index (χ2n) is 5.45. The highest BCUT2D eigenvalue weighted by Gasteiger charge is 2.17. The SMILES string of the molecule is CC.CC(=O)c1ccc(-c2ccccc2)cc1.CNC(=O)C(C)C(=O)NC. The third kappa shape index (κ3) is 8.31. The number of hydrogen-bond acceptors (Lipinski definition) is 3. The van der Waals surface area contributed by atoms with Gasteiger partial charge in [-0.15, -0.1) is 0 Å². The summed E-state index contributed by atoms with van der Waals surface area (Å²) >= 11 is 0. The van der Waals surface area contributed by atoms with Crippen LogP contribution in [0.1, 0.15) is 38.1 Å². The van der Waals surface area contributed by atoms with Gasteiger partial charge < -0.3 is 10.6 Å². The largest absolute Gasteiger partial charge is 0.358 e. The molecule has 0 radical (unpaired) electrons. The van der Waals surface area contributed by atoms with Gasteiger partial charge in [-0.2, -0.15) is 0 Å². The van der Waals surface area contributed by atoms with E-state index >= 15 is 0 Å². The smallest absolute Gasteiger partial charge is 0.232 e. The normalized spacial score (nSPS) is 9.15. The summed E-state index contributed by atoms with van der Waals surface area (Å²) in [6.45, 7) is 7.13. The van der Waals surface area contributed by atoms with Gasteiger partial charge in [-0.3, -0.25) is 14.4 Å². The van der Waals surface area contributed by atoms with Crippen molar-refractivity contribution in [1.29, 1.82) is 0 Å². The van der Waals surface area contributed by atoms with Crippen LogP contribution in [0.4, 0.5) is 0 Å². The molecule has 5 heteroatoms. The Hall–Kier alpha value is -2.95. The highest BCUT2D eigenvalue weighted by atomic mass is 16.2. The van der Waals surface area contributed by atoms with E-state index in [1.165, 1.54) is 19.7 Å². The molecule has 27 heavy (non-hydrogen) atoms. The molecule has 0 saturated carbocycles. The summed E-state index contributed by atoms with van der Waals surface area (Å²) in [4.78, 5) is 32.6. The lowest BCUT2D eigenvalue weighted by Gasteiger charge is -2.06. The molecule has 2 aromatic carbocycles. The lowest BCUT2D eigenvalue weighted by atomic mass is 10.0. The van der Waals surface area contributed by atoms with Crippen LogP contribution in [0.15, 0.2) is 54.6 Å². The fraction of sp³-hybridized carbons (Fsp3) is 0.318. The Morgan fingerprint density at radius 1 is 0.741 bits per heavy atom. The fourth-order valence-electron chi connectivity index (χ4n) is 2.08. The van der Waals surface area contributed by atoms with E-state index in [0.29, 0.717) is 0 Å². The minimum absolute atomic E-state index is 0.106. The second-order valence-corrected chi connectivity index (χ2v) is 5.45. The van der Waals surface area contributed by atoms with E-state index in [1.807, 2.05) is 56.3 Å². The summed E-state index contributed by atoms with van der Waals surface area (Å²) in [6, 6.07) is 17.8. The van der Waals surface area contributed by atoms with Crippen molar-refractivity contribution in [2.24, 2.45) is 5.92 Å². The van der Waals surface area contributed by atoms with Gasteiger partial charge in [0.25, 0.3) is 0 Å². The Balaban J connectivity index is 0.000000495. The zero-order valence-electron chi connectivity index (χ0n) is 17.0. The maximum Gasteiger partial charge on any atom is 0.232 e. The van der Waals surface area contributed by atoms with Crippen molar-refractivity contribution >= 4 is 17.6 Å². The van der Waals surface area contributed by atoms with Crippen molar-refractivity contribution in [1.82, 2.24) is 10.6 Å². The van der Waals surface area contributed by atoms with Crippen LogP contribution < -0.4 is 10.6 Å². The van der Waals surface area contributed by atoms with E-state index in [2.05, 4.69) is 22.8 Å². The molecule has 0 spiro atoms. The number of amides is 2. The molecule has 0 saturated heterocycles. The summed E-state index contributed by atoms with van der Waals surface area (Å²) < 4.78 is 0. The number of ketones is 1. The number of carbonyl (C=O) groups excluding carboxylic acids is 3. The van der Waals surface area contributed by atoms with Crippen LogP contribution in [0.3, 0.4) is 0 Å². The van der Waals surface area contributed by atoms with Crippen molar-refractivity contribution in [3.63, 3.8) is 0 Å². The molecule has 0 aliphatic carbocycles. The number of benzene rings is 2. The zero-order chi connectivity index (χ0) is 20.8. The predicted octanol–water partition coefficient (Wildman–Crippen LogP) is 3.70. The molecule has 146 valence electrons. The van der Waals surface area contributed by atoms with Crippen LogP contribution in [0.25, 0.3) is 11.1 Å². The number of rotatable bonds is 4. The number of carbonyl (C=O) groups is 3. The molecule has 0 fully saturated rings. The van der Waals surface area contributed by atoms with E-state index in [1.54, 1.807) is 13.8 Å². The van der Waals surface area contributed by atoms with Crippen molar-refractivity contribution < 1.29 is 14.4 Å². The average molecular weight is 370 g/mol. The fourth-order valence-corrected chi connectivity index (χ4v) is 2.08. The molecule has 0 aromatic heterocycles. The van der Waals surface area contributed by atoms with Gasteiger partial charge in [0.2, 0.25) is 11.8 Å². The molecule has 2 aromatic rings. The molecule has 0 bridgehead atoms. The van der Waals surface area contributed by atoms with Crippen LogP contribution in [0.5, 0.6) is 0 Å². The van der Waals surface area contributed by atoms with Crippen LogP contribution in [0, 0.1) is 5.92 Å². The maximum absolute atomic E-state index is 11.1. The van der Waals surface area contributed by atoms with Crippen LogP contribution in [-0.4, -0.2) is 31.7 Å². The Kier molecular flexibility index (Phi) is 11.8.